The number of hydrazone groups is 1. The standard InChI is InChI=1S/C21H25ClN4S2/c22-17-3-1-15(2-4-17)5-9-25-10-6-16(7-11-25)20-23-24-21-19-18(8-13-28-19)27-14-12-26(20)21/h1-4,8,13,16,21,24H,5-7,9-12,14H2. The van der Waals surface area contributed by atoms with Gasteiger partial charge in [-0.3, -0.25) is 5.43 Å². The zero-order valence-electron chi connectivity index (χ0n) is 15.8. The summed E-state index contributed by atoms with van der Waals surface area (Å²) >= 11 is 9.83. The van der Waals surface area contributed by atoms with Crippen molar-refractivity contribution in [1.82, 2.24) is 15.2 Å². The Labute approximate surface area is 179 Å². The number of likely N-dealkylation sites (tertiary alicyclic amines) is 1. The normalized spacial score (nSPS) is 23.0. The van der Waals surface area contributed by atoms with Crippen LogP contribution in [0, 0.1) is 5.92 Å². The monoisotopic (exact) mass is 432 g/mol. The number of fused-ring (bicyclic) bond motifs is 3. The highest BCUT2D eigenvalue weighted by molar-refractivity contribution is 7.99. The molecule has 148 valence electrons. The first kappa shape index (κ1) is 18.8. The number of nitrogens with zero attached hydrogens (tertiary/aromatic N) is 3. The minimum atomic E-state index is 0.253. The van der Waals surface area contributed by atoms with Gasteiger partial charge in [0.1, 0.15) is 5.84 Å². The fraction of sp³-hybridized carbons (Fsp3) is 0.476. The summed E-state index contributed by atoms with van der Waals surface area (Å²) in [5.74, 6) is 3.01. The van der Waals surface area contributed by atoms with Gasteiger partial charge in [-0.25, -0.2) is 0 Å². The molecule has 1 N–H and O–H groups in total. The van der Waals surface area contributed by atoms with Gasteiger partial charge in [0.2, 0.25) is 0 Å². The van der Waals surface area contributed by atoms with E-state index in [-0.39, 0.29) is 6.17 Å². The van der Waals surface area contributed by atoms with Gasteiger partial charge < -0.3 is 9.80 Å². The van der Waals surface area contributed by atoms with E-state index in [0.717, 1.165) is 43.4 Å². The van der Waals surface area contributed by atoms with E-state index in [1.807, 2.05) is 35.2 Å². The van der Waals surface area contributed by atoms with E-state index in [0.29, 0.717) is 5.92 Å². The first-order chi connectivity index (χ1) is 13.8. The Morgan fingerprint density at radius 2 is 1.93 bits per heavy atom. The SMILES string of the molecule is Clc1ccc(CCN2CCC(C3=NNC4c5sccc5SCCN34)CC2)cc1. The molecule has 1 fully saturated rings. The van der Waals surface area contributed by atoms with Crippen molar-refractivity contribution in [2.24, 2.45) is 11.0 Å². The molecular formula is C21H25ClN4S2. The van der Waals surface area contributed by atoms with Crippen LogP contribution in [0.4, 0.5) is 0 Å². The van der Waals surface area contributed by atoms with Crippen LogP contribution in [0.2, 0.25) is 5.02 Å². The lowest BCUT2D eigenvalue weighted by molar-refractivity contribution is 0.203. The molecule has 2 aromatic rings. The number of halogens is 1. The van der Waals surface area contributed by atoms with Crippen molar-refractivity contribution in [1.29, 1.82) is 0 Å². The van der Waals surface area contributed by atoms with Crippen molar-refractivity contribution < 1.29 is 0 Å². The maximum absolute atomic E-state index is 5.99. The largest absolute Gasteiger partial charge is 0.331 e. The highest BCUT2D eigenvalue weighted by Crippen LogP contribution is 2.40. The van der Waals surface area contributed by atoms with Crippen LogP contribution in [-0.2, 0) is 6.42 Å². The van der Waals surface area contributed by atoms with E-state index in [2.05, 4.69) is 38.8 Å². The van der Waals surface area contributed by atoms with Crippen molar-refractivity contribution in [2.75, 3.05) is 31.9 Å². The van der Waals surface area contributed by atoms with Crippen molar-refractivity contribution in [3.63, 3.8) is 0 Å². The summed E-state index contributed by atoms with van der Waals surface area (Å²) in [5, 5.41) is 7.83. The average molecular weight is 433 g/mol. The molecule has 0 amide bonds. The smallest absolute Gasteiger partial charge is 0.153 e. The molecule has 1 atom stereocenters. The molecule has 7 heteroatoms. The van der Waals surface area contributed by atoms with Gasteiger partial charge in [0, 0.05) is 34.7 Å². The topological polar surface area (TPSA) is 30.9 Å². The van der Waals surface area contributed by atoms with E-state index in [1.54, 1.807) is 0 Å². The molecule has 4 nitrogen and oxygen atoms in total. The zero-order valence-corrected chi connectivity index (χ0v) is 18.2. The summed E-state index contributed by atoms with van der Waals surface area (Å²) in [6, 6.07) is 10.5. The third-order valence-corrected chi connectivity index (χ3v) is 8.39. The number of thiophene rings is 1. The fourth-order valence-corrected chi connectivity index (χ4v) is 6.70. The van der Waals surface area contributed by atoms with Crippen LogP contribution < -0.4 is 5.43 Å². The quantitative estimate of drug-likeness (QED) is 0.759. The minimum absolute atomic E-state index is 0.253. The second kappa shape index (κ2) is 8.27. The summed E-state index contributed by atoms with van der Waals surface area (Å²) in [7, 11) is 0. The highest BCUT2D eigenvalue weighted by Gasteiger charge is 2.37. The summed E-state index contributed by atoms with van der Waals surface area (Å²) in [6.45, 7) is 4.53. The van der Waals surface area contributed by atoms with Gasteiger partial charge in [0.15, 0.2) is 6.17 Å². The molecule has 3 aliphatic rings. The average Bonchev–Trinajstić information content (AvgIpc) is 3.32. The van der Waals surface area contributed by atoms with Crippen molar-refractivity contribution in [2.45, 2.75) is 30.3 Å². The number of amidine groups is 1. The third-order valence-electron chi connectivity index (χ3n) is 5.99. The van der Waals surface area contributed by atoms with Crippen molar-refractivity contribution in [3.8, 4) is 0 Å². The maximum Gasteiger partial charge on any atom is 0.153 e. The van der Waals surface area contributed by atoms with Crippen LogP contribution in [0.15, 0.2) is 45.7 Å². The number of piperidine rings is 1. The zero-order chi connectivity index (χ0) is 18.9. The van der Waals surface area contributed by atoms with Crippen LogP contribution in [0.5, 0.6) is 0 Å². The first-order valence-electron chi connectivity index (χ1n) is 10.0. The molecule has 0 bridgehead atoms. The van der Waals surface area contributed by atoms with Crippen LogP contribution >= 0.6 is 34.7 Å². The van der Waals surface area contributed by atoms with Crippen LogP contribution in [0.25, 0.3) is 0 Å². The number of nitrogens with one attached hydrogen (secondary N) is 1. The van der Waals surface area contributed by atoms with Gasteiger partial charge in [0.25, 0.3) is 0 Å². The lowest BCUT2D eigenvalue weighted by Gasteiger charge is -2.35. The number of rotatable bonds is 4. The summed E-state index contributed by atoms with van der Waals surface area (Å²) < 4.78 is 0. The van der Waals surface area contributed by atoms with E-state index >= 15 is 0 Å². The van der Waals surface area contributed by atoms with Crippen LogP contribution in [0.3, 0.4) is 0 Å². The Morgan fingerprint density at radius 3 is 2.75 bits per heavy atom. The van der Waals surface area contributed by atoms with Gasteiger partial charge in [-0.1, -0.05) is 23.7 Å². The molecule has 4 heterocycles. The van der Waals surface area contributed by atoms with Gasteiger partial charge in [0.05, 0.1) is 4.88 Å². The molecule has 1 unspecified atom stereocenters. The Bertz CT molecular complexity index is 842. The third kappa shape index (κ3) is 3.80. The predicted octanol–water partition coefficient (Wildman–Crippen LogP) is 4.68. The Hall–Kier alpha value is -1.21. The molecule has 28 heavy (non-hydrogen) atoms. The van der Waals surface area contributed by atoms with E-state index in [9.17, 15) is 0 Å². The number of thioether (sulfide) groups is 1. The van der Waals surface area contributed by atoms with Crippen LogP contribution in [-0.4, -0.2) is 47.6 Å². The highest BCUT2D eigenvalue weighted by atomic mass is 35.5. The molecule has 0 aliphatic carbocycles. The van der Waals surface area contributed by atoms with Gasteiger partial charge in [-0.15, -0.1) is 23.1 Å². The molecule has 1 aromatic heterocycles. The Morgan fingerprint density at radius 1 is 1.11 bits per heavy atom. The lowest BCUT2D eigenvalue weighted by Crippen LogP contribution is -2.43. The summed E-state index contributed by atoms with van der Waals surface area (Å²) in [6.07, 6.45) is 3.75. The summed E-state index contributed by atoms with van der Waals surface area (Å²) in [4.78, 5) is 7.99. The predicted molar refractivity (Wildman–Crippen MR) is 119 cm³/mol. The molecule has 1 saturated heterocycles. The number of hydrogen-bond donors (Lipinski definition) is 1. The second-order valence-electron chi connectivity index (χ2n) is 7.68. The molecule has 5 rings (SSSR count). The Balaban J connectivity index is 1.17. The summed E-state index contributed by atoms with van der Waals surface area (Å²) in [5.41, 5.74) is 4.81. The molecule has 0 spiro atoms. The molecule has 0 radical (unpaired) electrons. The number of hydrogen-bond acceptors (Lipinski definition) is 6. The maximum atomic E-state index is 5.99. The molecule has 0 saturated carbocycles. The first-order valence-corrected chi connectivity index (χ1v) is 12.3. The van der Waals surface area contributed by atoms with E-state index in [1.165, 1.54) is 34.0 Å². The van der Waals surface area contributed by atoms with Gasteiger partial charge in [-0.05, 0) is 61.5 Å². The van der Waals surface area contributed by atoms with Gasteiger partial charge in [-0.2, -0.15) is 5.10 Å². The van der Waals surface area contributed by atoms with E-state index in [4.69, 9.17) is 16.7 Å². The second-order valence-corrected chi connectivity index (χ2v) is 10.2. The molecule has 1 aromatic carbocycles. The minimum Gasteiger partial charge on any atom is -0.331 e. The van der Waals surface area contributed by atoms with Crippen molar-refractivity contribution >= 4 is 40.5 Å². The van der Waals surface area contributed by atoms with Gasteiger partial charge >= 0.3 is 0 Å². The van der Waals surface area contributed by atoms with Crippen molar-refractivity contribution in [3.05, 3.63) is 51.2 Å². The Kier molecular flexibility index (Phi) is 5.55. The molecular weight excluding hydrogens is 408 g/mol. The lowest BCUT2D eigenvalue weighted by atomic mass is 9.94. The number of benzene rings is 1. The molecule has 3 aliphatic heterocycles. The van der Waals surface area contributed by atoms with Crippen LogP contribution in [0.1, 0.15) is 29.4 Å². The fourth-order valence-electron chi connectivity index (χ4n) is 4.40. The van der Waals surface area contributed by atoms with E-state index < -0.39 is 0 Å².